The first-order valence-corrected chi connectivity index (χ1v) is 6.17. The van der Waals surface area contributed by atoms with Crippen LogP contribution in [0.15, 0.2) is 18.2 Å². The second-order valence-corrected chi connectivity index (χ2v) is 5.55. The highest BCUT2D eigenvalue weighted by Gasteiger charge is 2.41. The van der Waals surface area contributed by atoms with E-state index in [0.29, 0.717) is 6.42 Å². The minimum Gasteiger partial charge on any atom is -0.459 e. The van der Waals surface area contributed by atoms with Crippen LogP contribution in [0.3, 0.4) is 0 Å². The lowest BCUT2D eigenvalue weighted by atomic mass is 9.83. The molecule has 17 heavy (non-hydrogen) atoms. The van der Waals surface area contributed by atoms with E-state index >= 15 is 0 Å². The fourth-order valence-electron chi connectivity index (χ4n) is 2.60. The molecule has 1 saturated heterocycles. The van der Waals surface area contributed by atoms with Crippen molar-refractivity contribution in [3.63, 3.8) is 0 Å². The first kappa shape index (κ1) is 12.2. The number of hydrogen-bond donors (Lipinski definition) is 0. The number of carbonyl (C=O) groups is 1. The van der Waals surface area contributed by atoms with Crippen LogP contribution < -0.4 is 0 Å². The number of cyclic esters (lactones) is 1. The van der Waals surface area contributed by atoms with Crippen molar-refractivity contribution in [2.75, 3.05) is 0 Å². The van der Waals surface area contributed by atoms with Gasteiger partial charge in [-0.3, -0.25) is 4.79 Å². The van der Waals surface area contributed by atoms with Gasteiger partial charge in [-0.25, -0.2) is 0 Å². The Balaban J connectivity index is 2.24. The molecule has 1 aliphatic rings. The first-order chi connectivity index (χ1) is 7.90. The van der Waals surface area contributed by atoms with Gasteiger partial charge in [0, 0.05) is 5.92 Å². The zero-order valence-electron chi connectivity index (χ0n) is 11.0. The summed E-state index contributed by atoms with van der Waals surface area (Å²) in [6.45, 7) is 8.28. The van der Waals surface area contributed by atoms with Gasteiger partial charge in [-0.15, -0.1) is 0 Å². The third-order valence-corrected chi connectivity index (χ3v) is 3.87. The van der Waals surface area contributed by atoms with Crippen LogP contribution in [0.5, 0.6) is 0 Å². The highest BCUT2D eigenvalue weighted by molar-refractivity contribution is 5.72. The van der Waals surface area contributed by atoms with Crippen LogP contribution in [0.2, 0.25) is 0 Å². The molecule has 2 nitrogen and oxygen atoms in total. The van der Waals surface area contributed by atoms with E-state index in [1.807, 2.05) is 13.8 Å². The van der Waals surface area contributed by atoms with Crippen molar-refractivity contribution in [2.24, 2.45) is 5.92 Å². The van der Waals surface area contributed by atoms with E-state index in [9.17, 15) is 4.79 Å². The van der Waals surface area contributed by atoms with E-state index in [4.69, 9.17) is 4.74 Å². The normalized spacial score (nSPS) is 22.6. The molecule has 1 fully saturated rings. The second kappa shape index (κ2) is 4.17. The fraction of sp³-hybridized carbons (Fsp3) is 0.533. The lowest BCUT2D eigenvalue weighted by Gasteiger charge is -2.25. The maximum Gasteiger partial charge on any atom is 0.306 e. The molecule has 1 atom stereocenters. The Morgan fingerprint density at radius 3 is 2.35 bits per heavy atom. The van der Waals surface area contributed by atoms with Crippen molar-refractivity contribution >= 4 is 5.97 Å². The van der Waals surface area contributed by atoms with E-state index < -0.39 is 0 Å². The summed E-state index contributed by atoms with van der Waals surface area (Å²) in [4.78, 5) is 11.4. The molecule has 0 aliphatic carbocycles. The highest BCUT2D eigenvalue weighted by atomic mass is 16.6. The monoisotopic (exact) mass is 232 g/mol. The maximum absolute atomic E-state index is 11.4. The van der Waals surface area contributed by atoms with Crippen molar-refractivity contribution in [2.45, 2.75) is 46.1 Å². The smallest absolute Gasteiger partial charge is 0.306 e. The number of hydrogen-bond acceptors (Lipinski definition) is 2. The topological polar surface area (TPSA) is 26.3 Å². The van der Waals surface area contributed by atoms with Crippen LogP contribution in [0, 0.1) is 19.8 Å². The van der Waals surface area contributed by atoms with Crippen molar-refractivity contribution in [3.8, 4) is 0 Å². The van der Waals surface area contributed by atoms with Crippen molar-refractivity contribution < 1.29 is 9.53 Å². The van der Waals surface area contributed by atoms with Gasteiger partial charge in [0.05, 0.1) is 6.42 Å². The molecule has 1 heterocycles. The van der Waals surface area contributed by atoms with Gasteiger partial charge < -0.3 is 4.74 Å². The van der Waals surface area contributed by atoms with Gasteiger partial charge in [0.2, 0.25) is 0 Å². The number of esters is 1. The summed E-state index contributed by atoms with van der Waals surface area (Å²) >= 11 is 0. The van der Waals surface area contributed by atoms with Crippen LogP contribution in [0.25, 0.3) is 0 Å². The lowest BCUT2D eigenvalue weighted by Crippen LogP contribution is -2.29. The molecule has 1 aliphatic heterocycles. The maximum atomic E-state index is 11.4. The van der Waals surface area contributed by atoms with E-state index in [0.717, 1.165) is 6.42 Å². The largest absolute Gasteiger partial charge is 0.459 e. The molecule has 92 valence electrons. The summed E-state index contributed by atoms with van der Waals surface area (Å²) in [5, 5.41) is 0. The van der Waals surface area contributed by atoms with E-state index in [1.165, 1.54) is 16.7 Å². The Labute approximate surface area is 103 Å². The Kier molecular flexibility index (Phi) is 2.98. The molecule has 0 saturated carbocycles. The Bertz CT molecular complexity index is 426. The summed E-state index contributed by atoms with van der Waals surface area (Å²) in [5.74, 6) is 0.223. The van der Waals surface area contributed by atoms with Gasteiger partial charge >= 0.3 is 5.97 Å². The number of rotatable bonds is 2. The van der Waals surface area contributed by atoms with Crippen LogP contribution in [0.1, 0.15) is 37.0 Å². The zero-order valence-corrected chi connectivity index (χ0v) is 11.0. The molecule has 0 aromatic heterocycles. The standard InChI is InChI=1S/C15H20O2/c1-10-6-5-7-11(2)13(10)8-12-9-14(16)17-15(12,3)4/h5-7,12H,8-9H2,1-4H3/t12-/m0/s1. The molecule has 0 N–H and O–H groups in total. The van der Waals surface area contributed by atoms with Gasteiger partial charge in [-0.1, -0.05) is 18.2 Å². The van der Waals surface area contributed by atoms with Gasteiger partial charge in [-0.2, -0.15) is 0 Å². The van der Waals surface area contributed by atoms with Gasteiger partial charge in [-0.05, 0) is 50.8 Å². The molecule has 1 aromatic carbocycles. The molecule has 0 radical (unpaired) electrons. The Morgan fingerprint density at radius 2 is 1.88 bits per heavy atom. The van der Waals surface area contributed by atoms with Crippen molar-refractivity contribution in [1.82, 2.24) is 0 Å². The minimum atomic E-state index is -0.328. The second-order valence-electron chi connectivity index (χ2n) is 5.55. The highest BCUT2D eigenvalue weighted by Crippen LogP contribution is 2.35. The van der Waals surface area contributed by atoms with Crippen molar-refractivity contribution in [3.05, 3.63) is 34.9 Å². The van der Waals surface area contributed by atoms with Crippen molar-refractivity contribution in [1.29, 1.82) is 0 Å². The molecule has 0 bridgehead atoms. The van der Waals surface area contributed by atoms with E-state index in [-0.39, 0.29) is 17.5 Å². The fourth-order valence-corrected chi connectivity index (χ4v) is 2.60. The summed E-state index contributed by atoms with van der Waals surface area (Å²) in [7, 11) is 0. The molecule has 0 spiro atoms. The quantitative estimate of drug-likeness (QED) is 0.732. The summed E-state index contributed by atoms with van der Waals surface area (Å²) in [5.41, 5.74) is 3.65. The van der Waals surface area contributed by atoms with Gasteiger partial charge in [0.25, 0.3) is 0 Å². The number of aryl methyl sites for hydroxylation is 2. The predicted molar refractivity (Wildman–Crippen MR) is 67.9 cm³/mol. The van der Waals surface area contributed by atoms with Gasteiger partial charge in [0.1, 0.15) is 5.60 Å². The molecule has 2 heteroatoms. The summed E-state index contributed by atoms with van der Waals surface area (Å²) < 4.78 is 5.37. The Hall–Kier alpha value is -1.31. The molecule has 0 unspecified atom stereocenters. The summed E-state index contributed by atoms with van der Waals surface area (Å²) in [6.07, 6.45) is 1.47. The third kappa shape index (κ3) is 2.36. The minimum absolute atomic E-state index is 0.0637. The van der Waals surface area contributed by atoms with E-state index in [2.05, 4.69) is 32.0 Å². The predicted octanol–water partition coefficient (Wildman–Crippen LogP) is 3.19. The molecular weight excluding hydrogens is 212 g/mol. The molecule has 0 amide bonds. The molecular formula is C15H20O2. The summed E-state index contributed by atoms with van der Waals surface area (Å²) in [6, 6.07) is 6.34. The average Bonchev–Trinajstić information content (AvgIpc) is 2.45. The average molecular weight is 232 g/mol. The zero-order chi connectivity index (χ0) is 12.6. The van der Waals surface area contributed by atoms with Crippen LogP contribution in [-0.4, -0.2) is 11.6 Å². The van der Waals surface area contributed by atoms with Crippen LogP contribution >= 0.6 is 0 Å². The van der Waals surface area contributed by atoms with Crippen LogP contribution in [-0.2, 0) is 16.0 Å². The number of ether oxygens (including phenoxy) is 1. The number of benzene rings is 1. The lowest BCUT2D eigenvalue weighted by molar-refractivity contribution is -0.146. The number of carbonyl (C=O) groups excluding carboxylic acids is 1. The van der Waals surface area contributed by atoms with Crippen LogP contribution in [0.4, 0.5) is 0 Å². The Morgan fingerprint density at radius 1 is 1.29 bits per heavy atom. The SMILES string of the molecule is Cc1cccc(C)c1C[C@H]1CC(=O)OC1(C)C. The molecule has 1 aromatic rings. The molecule has 2 rings (SSSR count). The third-order valence-electron chi connectivity index (χ3n) is 3.87. The van der Waals surface area contributed by atoms with Gasteiger partial charge in [0.15, 0.2) is 0 Å². The van der Waals surface area contributed by atoms with E-state index in [1.54, 1.807) is 0 Å². The first-order valence-electron chi connectivity index (χ1n) is 6.17.